The zero-order valence-electron chi connectivity index (χ0n) is 14.5. The van der Waals surface area contributed by atoms with Gasteiger partial charge in [0.2, 0.25) is 15.9 Å². The fourth-order valence-electron chi connectivity index (χ4n) is 2.46. The monoisotopic (exact) mass is 361 g/mol. The van der Waals surface area contributed by atoms with E-state index in [-0.39, 0.29) is 10.8 Å². The van der Waals surface area contributed by atoms with Crippen LogP contribution in [0.25, 0.3) is 0 Å². The van der Waals surface area contributed by atoms with E-state index in [0.29, 0.717) is 31.6 Å². The van der Waals surface area contributed by atoms with Gasteiger partial charge in [0.15, 0.2) is 0 Å². The molecule has 0 bridgehead atoms. The molecular weight excluding hydrogens is 338 g/mol. The number of hydrogen-bond donors (Lipinski definition) is 1. The van der Waals surface area contributed by atoms with Crippen molar-refractivity contribution in [2.75, 3.05) is 18.4 Å². The van der Waals surface area contributed by atoms with Crippen LogP contribution in [-0.4, -0.2) is 36.7 Å². The summed E-state index contributed by atoms with van der Waals surface area (Å²) in [4.78, 5) is 16.1. The van der Waals surface area contributed by atoms with Gasteiger partial charge in [0.25, 0.3) is 0 Å². The molecule has 0 fully saturated rings. The number of pyridine rings is 1. The summed E-state index contributed by atoms with van der Waals surface area (Å²) in [7, 11) is -3.44. The highest BCUT2D eigenvalue weighted by Gasteiger charge is 2.21. The molecule has 0 saturated carbocycles. The van der Waals surface area contributed by atoms with Gasteiger partial charge < -0.3 is 5.32 Å². The molecule has 1 heterocycles. The Hall–Kier alpha value is -2.25. The summed E-state index contributed by atoms with van der Waals surface area (Å²) in [5.74, 6) is -0.0916. The maximum Gasteiger partial charge on any atom is 0.243 e. The van der Waals surface area contributed by atoms with Gasteiger partial charge in [0, 0.05) is 37.6 Å². The number of anilines is 1. The van der Waals surface area contributed by atoms with Crippen LogP contribution in [0, 0.1) is 0 Å². The molecule has 0 aliphatic rings. The summed E-state index contributed by atoms with van der Waals surface area (Å²) < 4.78 is 26.3. The fraction of sp³-hybridized carbons (Fsp3) is 0.333. The van der Waals surface area contributed by atoms with E-state index >= 15 is 0 Å². The lowest BCUT2D eigenvalue weighted by atomic mass is 10.1. The van der Waals surface area contributed by atoms with Gasteiger partial charge in [0.05, 0.1) is 4.90 Å². The second-order valence-electron chi connectivity index (χ2n) is 5.52. The van der Waals surface area contributed by atoms with E-state index in [1.807, 2.05) is 13.8 Å². The quantitative estimate of drug-likeness (QED) is 0.784. The van der Waals surface area contributed by atoms with E-state index in [1.54, 1.807) is 48.8 Å². The molecule has 0 atom stereocenters. The highest BCUT2D eigenvalue weighted by atomic mass is 32.2. The first-order valence-electron chi connectivity index (χ1n) is 8.26. The molecule has 2 rings (SSSR count). The normalized spacial score (nSPS) is 11.5. The number of aromatic nitrogens is 1. The Morgan fingerprint density at radius 1 is 1.04 bits per heavy atom. The number of aryl methyl sites for hydroxylation is 1. The molecule has 0 radical (unpaired) electrons. The lowest BCUT2D eigenvalue weighted by Crippen LogP contribution is -2.30. The average molecular weight is 361 g/mol. The van der Waals surface area contributed by atoms with Crippen LogP contribution in [-0.2, 0) is 21.2 Å². The van der Waals surface area contributed by atoms with Crippen molar-refractivity contribution in [3.8, 4) is 0 Å². The van der Waals surface area contributed by atoms with Crippen LogP contribution in [0.1, 0.15) is 25.8 Å². The standard InChI is InChI=1S/C18H23N3O3S/c1-3-21(4-2)25(23,24)17-8-5-15(6-9-17)7-10-18(22)20-16-11-13-19-14-12-16/h5-6,8-9,11-14H,3-4,7,10H2,1-2H3,(H,19,20,22). The number of amides is 1. The predicted molar refractivity (Wildman–Crippen MR) is 97.7 cm³/mol. The molecule has 1 aromatic carbocycles. The van der Waals surface area contributed by atoms with Gasteiger partial charge in [-0.15, -0.1) is 0 Å². The van der Waals surface area contributed by atoms with E-state index in [1.165, 1.54) is 4.31 Å². The third kappa shape index (κ3) is 5.11. The number of sulfonamides is 1. The van der Waals surface area contributed by atoms with Crippen LogP contribution in [0.3, 0.4) is 0 Å². The third-order valence-electron chi connectivity index (χ3n) is 3.87. The first-order chi connectivity index (χ1) is 12.0. The fourth-order valence-corrected chi connectivity index (χ4v) is 3.92. The Balaban J connectivity index is 1.95. The molecule has 25 heavy (non-hydrogen) atoms. The van der Waals surface area contributed by atoms with Gasteiger partial charge in [-0.1, -0.05) is 26.0 Å². The summed E-state index contributed by atoms with van der Waals surface area (Å²) in [5.41, 5.74) is 1.63. The SMILES string of the molecule is CCN(CC)S(=O)(=O)c1ccc(CCC(=O)Nc2ccncc2)cc1. The summed E-state index contributed by atoms with van der Waals surface area (Å²) in [6.07, 6.45) is 4.10. The molecule has 6 nitrogen and oxygen atoms in total. The molecule has 0 unspecified atom stereocenters. The molecule has 1 amide bonds. The van der Waals surface area contributed by atoms with Gasteiger partial charge in [-0.25, -0.2) is 8.42 Å². The highest BCUT2D eigenvalue weighted by Crippen LogP contribution is 2.17. The predicted octanol–water partition coefficient (Wildman–Crippen LogP) is 2.68. The van der Waals surface area contributed by atoms with Crippen molar-refractivity contribution in [2.24, 2.45) is 0 Å². The summed E-state index contributed by atoms with van der Waals surface area (Å²) >= 11 is 0. The van der Waals surface area contributed by atoms with E-state index in [4.69, 9.17) is 0 Å². The van der Waals surface area contributed by atoms with Gasteiger partial charge in [-0.3, -0.25) is 9.78 Å². The zero-order chi connectivity index (χ0) is 18.3. The second kappa shape index (κ2) is 8.73. The number of carbonyl (C=O) groups excluding carboxylic acids is 1. The lowest BCUT2D eigenvalue weighted by molar-refractivity contribution is -0.116. The van der Waals surface area contributed by atoms with Crippen molar-refractivity contribution >= 4 is 21.6 Å². The van der Waals surface area contributed by atoms with Crippen LogP contribution in [0.4, 0.5) is 5.69 Å². The Bertz CT molecular complexity index is 786. The van der Waals surface area contributed by atoms with Crippen LogP contribution in [0.2, 0.25) is 0 Å². The largest absolute Gasteiger partial charge is 0.326 e. The van der Waals surface area contributed by atoms with Crippen LogP contribution >= 0.6 is 0 Å². The maximum atomic E-state index is 12.4. The maximum absolute atomic E-state index is 12.4. The van der Waals surface area contributed by atoms with Crippen molar-refractivity contribution in [3.05, 3.63) is 54.4 Å². The number of nitrogens with zero attached hydrogens (tertiary/aromatic N) is 2. The zero-order valence-corrected chi connectivity index (χ0v) is 15.3. The van der Waals surface area contributed by atoms with Gasteiger partial charge >= 0.3 is 0 Å². The number of hydrogen-bond acceptors (Lipinski definition) is 4. The minimum atomic E-state index is -3.44. The van der Waals surface area contributed by atoms with Gasteiger partial charge in [-0.2, -0.15) is 4.31 Å². The molecule has 0 aliphatic heterocycles. The third-order valence-corrected chi connectivity index (χ3v) is 5.94. The molecular formula is C18H23N3O3S. The van der Waals surface area contributed by atoms with Crippen molar-refractivity contribution in [1.82, 2.24) is 9.29 Å². The molecule has 2 aromatic rings. The molecule has 134 valence electrons. The topological polar surface area (TPSA) is 79.4 Å². The molecule has 0 aliphatic carbocycles. The Morgan fingerprint density at radius 2 is 1.64 bits per heavy atom. The van der Waals surface area contributed by atoms with Crippen molar-refractivity contribution < 1.29 is 13.2 Å². The molecule has 0 saturated heterocycles. The summed E-state index contributed by atoms with van der Waals surface area (Å²) in [6, 6.07) is 10.2. The first kappa shape index (κ1) is 19.1. The smallest absolute Gasteiger partial charge is 0.243 e. The van der Waals surface area contributed by atoms with Gasteiger partial charge in [-0.05, 0) is 36.2 Å². The minimum Gasteiger partial charge on any atom is -0.326 e. The lowest BCUT2D eigenvalue weighted by Gasteiger charge is -2.18. The number of benzene rings is 1. The van der Waals surface area contributed by atoms with E-state index in [0.717, 1.165) is 5.56 Å². The van der Waals surface area contributed by atoms with E-state index in [2.05, 4.69) is 10.3 Å². The van der Waals surface area contributed by atoms with E-state index < -0.39 is 10.0 Å². The van der Waals surface area contributed by atoms with Crippen LogP contribution in [0.15, 0.2) is 53.7 Å². The van der Waals surface area contributed by atoms with Crippen molar-refractivity contribution in [1.29, 1.82) is 0 Å². The summed E-state index contributed by atoms with van der Waals surface area (Å²) in [6.45, 7) is 4.51. The summed E-state index contributed by atoms with van der Waals surface area (Å²) in [5, 5.41) is 2.80. The first-order valence-corrected chi connectivity index (χ1v) is 9.70. The molecule has 1 aromatic heterocycles. The molecule has 1 N–H and O–H groups in total. The number of rotatable bonds is 8. The molecule has 0 spiro atoms. The van der Waals surface area contributed by atoms with E-state index in [9.17, 15) is 13.2 Å². The highest BCUT2D eigenvalue weighted by molar-refractivity contribution is 7.89. The van der Waals surface area contributed by atoms with Crippen LogP contribution < -0.4 is 5.32 Å². The van der Waals surface area contributed by atoms with Crippen molar-refractivity contribution in [3.63, 3.8) is 0 Å². The second-order valence-corrected chi connectivity index (χ2v) is 7.46. The molecule has 7 heteroatoms. The average Bonchev–Trinajstić information content (AvgIpc) is 2.62. The number of nitrogens with one attached hydrogen (secondary N) is 1. The Morgan fingerprint density at radius 3 is 2.20 bits per heavy atom. The van der Waals surface area contributed by atoms with Crippen LogP contribution in [0.5, 0.6) is 0 Å². The van der Waals surface area contributed by atoms with Gasteiger partial charge in [0.1, 0.15) is 0 Å². The van der Waals surface area contributed by atoms with Crippen molar-refractivity contribution in [2.45, 2.75) is 31.6 Å². The number of carbonyl (C=O) groups is 1. The Kier molecular flexibility index (Phi) is 6.66. The Labute approximate surface area is 148 Å². The minimum absolute atomic E-state index is 0.0916.